The van der Waals surface area contributed by atoms with Crippen molar-refractivity contribution in [3.05, 3.63) is 29.8 Å². The molecule has 0 spiro atoms. The van der Waals surface area contributed by atoms with E-state index in [1.807, 2.05) is 13.8 Å². The second-order valence-corrected chi connectivity index (χ2v) is 8.67. The molecule has 0 bridgehead atoms. The molecule has 2 atom stereocenters. The fraction of sp³-hybridized carbons (Fsp3) is 0.524. The van der Waals surface area contributed by atoms with Crippen LogP contribution in [-0.4, -0.2) is 52.2 Å². The van der Waals surface area contributed by atoms with Crippen molar-refractivity contribution in [2.24, 2.45) is 4.99 Å². The zero-order valence-electron chi connectivity index (χ0n) is 16.9. The van der Waals surface area contributed by atoms with E-state index in [1.165, 1.54) is 18.2 Å². The van der Waals surface area contributed by atoms with E-state index in [0.29, 0.717) is 11.3 Å². The van der Waals surface area contributed by atoms with Gasteiger partial charge in [-0.1, -0.05) is 24.8 Å². The minimum Gasteiger partial charge on any atom is -0.351 e. The molecule has 0 radical (unpaired) electrons. The smallest absolute Gasteiger partial charge is 0.262 e. The van der Waals surface area contributed by atoms with Gasteiger partial charge in [0.25, 0.3) is 11.8 Å². The number of hydrogen-bond donors (Lipinski definition) is 2. The van der Waals surface area contributed by atoms with E-state index in [4.69, 9.17) is 0 Å². The Kier molecular flexibility index (Phi) is 7.30. The Morgan fingerprint density at radius 2 is 2.03 bits per heavy atom. The van der Waals surface area contributed by atoms with E-state index in [1.54, 1.807) is 24.3 Å². The van der Waals surface area contributed by atoms with Crippen LogP contribution in [0.4, 0.5) is 5.69 Å². The number of nitrogens with one attached hydrogen (secondary N) is 2. The van der Waals surface area contributed by atoms with Crippen LogP contribution in [0.5, 0.6) is 0 Å². The lowest BCUT2D eigenvalue weighted by Gasteiger charge is -2.27. The van der Waals surface area contributed by atoms with Gasteiger partial charge in [-0.05, 0) is 50.8 Å². The molecule has 8 heteroatoms. The molecule has 0 aliphatic carbocycles. The van der Waals surface area contributed by atoms with Crippen molar-refractivity contribution in [1.29, 1.82) is 0 Å². The van der Waals surface area contributed by atoms with E-state index in [2.05, 4.69) is 20.5 Å². The number of nitrogens with zero attached hydrogens (tertiary/aromatic N) is 2. The number of anilines is 1. The first kappa shape index (κ1) is 21.4. The van der Waals surface area contributed by atoms with E-state index >= 15 is 0 Å². The van der Waals surface area contributed by atoms with Gasteiger partial charge in [0, 0.05) is 36.8 Å². The van der Waals surface area contributed by atoms with Gasteiger partial charge in [0.05, 0.1) is 0 Å². The zero-order chi connectivity index (χ0) is 20.8. The zero-order valence-corrected chi connectivity index (χ0v) is 17.8. The van der Waals surface area contributed by atoms with Crippen molar-refractivity contribution in [3.63, 3.8) is 0 Å². The lowest BCUT2D eigenvalue weighted by molar-refractivity contribution is -0.121. The third-order valence-electron chi connectivity index (χ3n) is 5.12. The van der Waals surface area contributed by atoms with Gasteiger partial charge in [-0.3, -0.25) is 14.4 Å². The van der Waals surface area contributed by atoms with Crippen molar-refractivity contribution in [2.75, 3.05) is 18.4 Å². The highest BCUT2D eigenvalue weighted by molar-refractivity contribution is 8.15. The average molecular weight is 417 g/mol. The second kappa shape index (κ2) is 9.91. The Bertz CT molecular complexity index is 805. The number of likely N-dealkylation sites (tertiary alicyclic amines) is 1. The number of benzene rings is 1. The first-order chi connectivity index (χ1) is 14.0. The van der Waals surface area contributed by atoms with Crippen molar-refractivity contribution in [2.45, 2.75) is 57.2 Å². The standard InChI is InChI=1S/C21H28N4O3S/c1-3-14(2)22-19(27)15-8-7-9-16(12-15)23-18(26)13-17-20(28)24-21(29-17)25-10-5-4-6-11-25/h7-9,12,14,17H,3-6,10-11,13H2,1-2H3,(H,22,27)(H,23,26)/t14-,17+/m1/s1. The van der Waals surface area contributed by atoms with Gasteiger partial charge in [0.2, 0.25) is 5.91 Å². The number of amides is 3. The molecule has 1 saturated heterocycles. The number of carbonyl (C=O) groups is 3. The summed E-state index contributed by atoms with van der Waals surface area (Å²) in [6.07, 6.45) is 4.34. The number of aliphatic imine (C=N–C) groups is 1. The van der Waals surface area contributed by atoms with Crippen molar-refractivity contribution in [1.82, 2.24) is 10.2 Å². The normalized spacial score (nSPS) is 20.2. The van der Waals surface area contributed by atoms with Gasteiger partial charge >= 0.3 is 0 Å². The third-order valence-corrected chi connectivity index (χ3v) is 6.34. The van der Waals surface area contributed by atoms with Crippen LogP contribution in [0.3, 0.4) is 0 Å². The average Bonchev–Trinajstić information content (AvgIpc) is 3.08. The summed E-state index contributed by atoms with van der Waals surface area (Å²) in [6, 6.07) is 6.91. The van der Waals surface area contributed by atoms with E-state index in [9.17, 15) is 14.4 Å². The van der Waals surface area contributed by atoms with Crippen LogP contribution in [0, 0.1) is 0 Å². The maximum atomic E-state index is 12.5. The fourth-order valence-corrected chi connectivity index (χ4v) is 4.37. The van der Waals surface area contributed by atoms with Crippen molar-refractivity contribution < 1.29 is 14.4 Å². The Balaban J connectivity index is 1.54. The Morgan fingerprint density at radius 3 is 2.76 bits per heavy atom. The topological polar surface area (TPSA) is 90.9 Å². The SMILES string of the molecule is CC[C@@H](C)NC(=O)c1cccc(NC(=O)C[C@@H]2SC(N3CCCCC3)=NC2=O)c1. The largest absolute Gasteiger partial charge is 0.351 e. The number of carbonyl (C=O) groups excluding carboxylic acids is 3. The predicted octanol–water partition coefficient (Wildman–Crippen LogP) is 3.03. The van der Waals surface area contributed by atoms with Gasteiger partial charge in [0.15, 0.2) is 5.17 Å². The van der Waals surface area contributed by atoms with E-state index < -0.39 is 5.25 Å². The highest BCUT2D eigenvalue weighted by Gasteiger charge is 2.33. The van der Waals surface area contributed by atoms with Gasteiger partial charge in [-0.2, -0.15) is 4.99 Å². The van der Waals surface area contributed by atoms with Crippen LogP contribution >= 0.6 is 11.8 Å². The molecule has 1 fully saturated rings. The molecule has 0 aromatic heterocycles. The van der Waals surface area contributed by atoms with E-state index in [-0.39, 0.29) is 30.2 Å². The van der Waals surface area contributed by atoms with Crippen LogP contribution < -0.4 is 10.6 Å². The number of piperidine rings is 1. The van der Waals surface area contributed by atoms with Crippen LogP contribution in [-0.2, 0) is 9.59 Å². The van der Waals surface area contributed by atoms with Gasteiger partial charge in [-0.15, -0.1) is 0 Å². The minimum atomic E-state index is -0.483. The van der Waals surface area contributed by atoms with Crippen molar-refractivity contribution in [3.8, 4) is 0 Å². The molecule has 7 nitrogen and oxygen atoms in total. The van der Waals surface area contributed by atoms with Crippen LogP contribution in [0.25, 0.3) is 0 Å². The van der Waals surface area contributed by atoms with Gasteiger partial charge < -0.3 is 15.5 Å². The maximum absolute atomic E-state index is 12.5. The van der Waals surface area contributed by atoms with Crippen LogP contribution in [0.1, 0.15) is 56.3 Å². The summed E-state index contributed by atoms with van der Waals surface area (Å²) >= 11 is 1.38. The number of thioether (sulfide) groups is 1. The second-order valence-electron chi connectivity index (χ2n) is 7.50. The van der Waals surface area contributed by atoms with Crippen LogP contribution in [0.2, 0.25) is 0 Å². The van der Waals surface area contributed by atoms with E-state index in [0.717, 1.165) is 37.5 Å². The monoisotopic (exact) mass is 416 g/mol. The molecule has 0 unspecified atom stereocenters. The Morgan fingerprint density at radius 1 is 1.28 bits per heavy atom. The van der Waals surface area contributed by atoms with Crippen molar-refractivity contribution >= 4 is 40.3 Å². The molecule has 156 valence electrons. The Labute approximate surface area is 175 Å². The summed E-state index contributed by atoms with van der Waals surface area (Å²) < 4.78 is 0. The summed E-state index contributed by atoms with van der Waals surface area (Å²) in [5.41, 5.74) is 1.03. The third kappa shape index (κ3) is 5.82. The van der Waals surface area contributed by atoms with Gasteiger partial charge in [-0.25, -0.2) is 0 Å². The molecule has 3 rings (SSSR count). The summed E-state index contributed by atoms with van der Waals surface area (Å²) in [5, 5.41) is 5.97. The minimum absolute atomic E-state index is 0.0631. The molecular weight excluding hydrogens is 388 g/mol. The highest BCUT2D eigenvalue weighted by atomic mass is 32.2. The highest BCUT2D eigenvalue weighted by Crippen LogP contribution is 2.29. The lowest BCUT2D eigenvalue weighted by Crippen LogP contribution is -2.33. The number of amidine groups is 1. The molecule has 0 saturated carbocycles. The quantitative estimate of drug-likeness (QED) is 0.744. The van der Waals surface area contributed by atoms with Gasteiger partial charge in [0.1, 0.15) is 5.25 Å². The van der Waals surface area contributed by atoms with Crippen LogP contribution in [0.15, 0.2) is 29.3 Å². The molecule has 29 heavy (non-hydrogen) atoms. The first-order valence-electron chi connectivity index (χ1n) is 10.2. The molecule has 3 amide bonds. The molecule has 1 aromatic carbocycles. The fourth-order valence-electron chi connectivity index (χ4n) is 3.26. The Hall–Kier alpha value is -2.35. The summed E-state index contributed by atoms with van der Waals surface area (Å²) in [4.78, 5) is 43.3. The molecule has 2 N–H and O–H groups in total. The molecule has 1 aromatic rings. The first-order valence-corrected chi connectivity index (χ1v) is 11.1. The molecule has 2 aliphatic heterocycles. The molecule has 2 aliphatic rings. The summed E-state index contributed by atoms with van der Waals surface area (Å²) in [5.74, 6) is -0.672. The predicted molar refractivity (Wildman–Crippen MR) is 116 cm³/mol. The summed E-state index contributed by atoms with van der Waals surface area (Å²) in [6.45, 7) is 5.79. The lowest BCUT2D eigenvalue weighted by atomic mass is 10.1. The number of hydrogen-bond acceptors (Lipinski definition) is 5. The molecular formula is C21H28N4O3S. The molecule has 2 heterocycles. The maximum Gasteiger partial charge on any atom is 0.262 e. The number of rotatable bonds is 6. The summed E-state index contributed by atoms with van der Waals surface area (Å²) in [7, 11) is 0.